The second-order valence-electron chi connectivity index (χ2n) is 4.58. The first kappa shape index (κ1) is 12.0. The molecule has 0 aliphatic rings. The minimum Gasteiger partial charge on any atom is -0.369 e. The highest BCUT2D eigenvalue weighted by molar-refractivity contribution is 6.31. The number of rotatable bonds is 3. The first-order valence-corrected chi connectivity index (χ1v) is 6.41. The number of nitrogens with two attached hydrogens (primary N) is 1. The first-order valence-electron chi connectivity index (χ1n) is 6.04. The monoisotopic (exact) mass is 275 g/mol. The molecule has 0 aliphatic carbocycles. The molecule has 0 spiro atoms. The summed E-state index contributed by atoms with van der Waals surface area (Å²) < 4.78 is 4.04. The first-order chi connectivity index (χ1) is 9.15. The SMILES string of the molecule is CC(Cn1ccnc1)n1c(N)nc2cc(Cl)ccc21. The van der Waals surface area contributed by atoms with Crippen molar-refractivity contribution in [3.63, 3.8) is 0 Å². The Morgan fingerprint density at radius 1 is 1.42 bits per heavy atom. The normalized spacial score (nSPS) is 12.9. The Morgan fingerprint density at radius 2 is 2.26 bits per heavy atom. The van der Waals surface area contributed by atoms with E-state index >= 15 is 0 Å². The van der Waals surface area contributed by atoms with Gasteiger partial charge in [-0.3, -0.25) is 0 Å². The van der Waals surface area contributed by atoms with Gasteiger partial charge in [0, 0.05) is 24.0 Å². The van der Waals surface area contributed by atoms with E-state index < -0.39 is 0 Å². The molecule has 98 valence electrons. The number of hydrogen-bond donors (Lipinski definition) is 1. The van der Waals surface area contributed by atoms with Gasteiger partial charge in [0.25, 0.3) is 0 Å². The number of imidazole rings is 2. The van der Waals surface area contributed by atoms with E-state index in [0.29, 0.717) is 11.0 Å². The van der Waals surface area contributed by atoms with Gasteiger partial charge in [-0.05, 0) is 25.1 Å². The van der Waals surface area contributed by atoms with Crippen LogP contribution in [0.25, 0.3) is 11.0 Å². The van der Waals surface area contributed by atoms with Gasteiger partial charge < -0.3 is 14.9 Å². The largest absolute Gasteiger partial charge is 0.369 e. The van der Waals surface area contributed by atoms with Gasteiger partial charge in [0.2, 0.25) is 5.95 Å². The van der Waals surface area contributed by atoms with E-state index in [1.54, 1.807) is 12.5 Å². The number of halogens is 1. The minimum absolute atomic E-state index is 0.181. The fourth-order valence-corrected chi connectivity index (χ4v) is 2.50. The number of nitrogens with zero attached hydrogens (tertiary/aromatic N) is 4. The molecule has 6 heteroatoms. The van der Waals surface area contributed by atoms with Crippen LogP contribution < -0.4 is 5.73 Å². The Hall–Kier alpha value is -2.01. The van der Waals surface area contributed by atoms with Crippen LogP contribution in [0.2, 0.25) is 5.02 Å². The molecular formula is C13H14ClN5. The molecule has 0 saturated carbocycles. The van der Waals surface area contributed by atoms with Crippen molar-refractivity contribution in [3.05, 3.63) is 41.9 Å². The maximum atomic E-state index is 6.02. The Labute approximate surface area is 115 Å². The van der Waals surface area contributed by atoms with Crippen LogP contribution in [0.1, 0.15) is 13.0 Å². The quantitative estimate of drug-likeness (QED) is 0.799. The fraction of sp³-hybridized carbons (Fsp3) is 0.231. The van der Waals surface area contributed by atoms with Crippen molar-refractivity contribution in [3.8, 4) is 0 Å². The van der Waals surface area contributed by atoms with Gasteiger partial charge in [0.1, 0.15) is 0 Å². The van der Waals surface area contributed by atoms with Crippen molar-refractivity contribution < 1.29 is 0 Å². The van der Waals surface area contributed by atoms with Crippen molar-refractivity contribution >= 4 is 28.6 Å². The summed E-state index contributed by atoms with van der Waals surface area (Å²) >= 11 is 5.97. The fourth-order valence-electron chi connectivity index (χ4n) is 2.34. The third-order valence-corrected chi connectivity index (χ3v) is 3.39. The van der Waals surface area contributed by atoms with Gasteiger partial charge in [-0.2, -0.15) is 0 Å². The zero-order chi connectivity index (χ0) is 13.4. The number of benzene rings is 1. The molecule has 0 aliphatic heterocycles. The van der Waals surface area contributed by atoms with E-state index in [0.717, 1.165) is 17.6 Å². The van der Waals surface area contributed by atoms with E-state index in [-0.39, 0.29) is 6.04 Å². The van der Waals surface area contributed by atoms with E-state index in [1.165, 1.54) is 0 Å². The van der Waals surface area contributed by atoms with Crippen LogP contribution in [0.3, 0.4) is 0 Å². The highest BCUT2D eigenvalue weighted by Gasteiger charge is 2.14. The molecule has 0 fully saturated rings. The van der Waals surface area contributed by atoms with Crippen LogP contribution in [-0.2, 0) is 6.54 Å². The van der Waals surface area contributed by atoms with Gasteiger partial charge in [0.15, 0.2) is 0 Å². The van der Waals surface area contributed by atoms with Crippen molar-refractivity contribution in [2.24, 2.45) is 0 Å². The average molecular weight is 276 g/mol. The lowest BCUT2D eigenvalue weighted by atomic mass is 10.2. The molecule has 2 aromatic heterocycles. The molecule has 5 nitrogen and oxygen atoms in total. The Bertz CT molecular complexity index is 701. The van der Waals surface area contributed by atoms with Crippen LogP contribution in [0, 0.1) is 0 Å². The van der Waals surface area contributed by atoms with Crippen LogP contribution in [0.4, 0.5) is 5.95 Å². The van der Waals surface area contributed by atoms with Crippen LogP contribution in [0.5, 0.6) is 0 Å². The van der Waals surface area contributed by atoms with E-state index in [2.05, 4.69) is 16.9 Å². The lowest BCUT2D eigenvalue weighted by molar-refractivity contribution is 0.479. The lowest BCUT2D eigenvalue weighted by Gasteiger charge is -2.16. The topological polar surface area (TPSA) is 61.7 Å². The molecular weight excluding hydrogens is 262 g/mol. The summed E-state index contributed by atoms with van der Waals surface area (Å²) in [5.74, 6) is 0.505. The molecule has 0 saturated heterocycles. The Kier molecular flexibility index (Phi) is 2.91. The van der Waals surface area contributed by atoms with E-state index in [9.17, 15) is 0 Å². The molecule has 1 atom stereocenters. The molecule has 2 N–H and O–H groups in total. The maximum Gasteiger partial charge on any atom is 0.201 e. The summed E-state index contributed by atoms with van der Waals surface area (Å²) in [6.45, 7) is 2.89. The minimum atomic E-state index is 0.181. The van der Waals surface area contributed by atoms with Gasteiger partial charge in [-0.15, -0.1) is 0 Å². The number of fused-ring (bicyclic) bond motifs is 1. The third kappa shape index (κ3) is 2.17. The molecule has 1 aromatic carbocycles. The zero-order valence-electron chi connectivity index (χ0n) is 10.5. The summed E-state index contributed by atoms with van der Waals surface area (Å²) in [7, 11) is 0. The predicted octanol–water partition coefficient (Wildman–Crippen LogP) is 2.73. The van der Waals surface area contributed by atoms with Crippen LogP contribution >= 0.6 is 11.6 Å². The van der Waals surface area contributed by atoms with Crippen LogP contribution in [-0.4, -0.2) is 19.1 Å². The molecule has 19 heavy (non-hydrogen) atoms. The van der Waals surface area contributed by atoms with Gasteiger partial charge in [0.05, 0.1) is 23.4 Å². The number of aromatic nitrogens is 4. The Balaban J connectivity index is 2.01. The molecule has 1 unspecified atom stereocenters. The summed E-state index contributed by atoms with van der Waals surface area (Å²) in [4.78, 5) is 8.40. The number of nitrogen functional groups attached to an aromatic ring is 1. The average Bonchev–Trinajstić information content (AvgIpc) is 2.95. The Morgan fingerprint density at radius 3 is 3.00 bits per heavy atom. The summed E-state index contributed by atoms with van der Waals surface area (Å²) in [6, 6.07) is 5.81. The summed E-state index contributed by atoms with van der Waals surface area (Å²) in [6.07, 6.45) is 5.49. The van der Waals surface area contributed by atoms with E-state index in [1.807, 2.05) is 33.5 Å². The third-order valence-electron chi connectivity index (χ3n) is 3.15. The number of hydrogen-bond acceptors (Lipinski definition) is 3. The predicted molar refractivity (Wildman–Crippen MR) is 76.1 cm³/mol. The van der Waals surface area contributed by atoms with Crippen molar-refractivity contribution in [2.45, 2.75) is 19.5 Å². The van der Waals surface area contributed by atoms with E-state index in [4.69, 9.17) is 17.3 Å². The molecule has 0 bridgehead atoms. The number of anilines is 1. The maximum absolute atomic E-state index is 6.02. The lowest BCUT2D eigenvalue weighted by Crippen LogP contribution is -2.14. The molecule has 3 rings (SSSR count). The molecule has 3 aromatic rings. The highest BCUT2D eigenvalue weighted by atomic mass is 35.5. The van der Waals surface area contributed by atoms with Gasteiger partial charge >= 0.3 is 0 Å². The van der Waals surface area contributed by atoms with Crippen molar-refractivity contribution in [1.82, 2.24) is 19.1 Å². The smallest absolute Gasteiger partial charge is 0.201 e. The second kappa shape index (κ2) is 4.59. The molecule has 2 heterocycles. The van der Waals surface area contributed by atoms with Crippen molar-refractivity contribution in [1.29, 1.82) is 0 Å². The van der Waals surface area contributed by atoms with Gasteiger partial charge in [-0.1, -0.05) is 11.6 Å². The second-order valence-corrected chi connectivity index (χ2v) is 5.02. The summed E-state index contributed by atoms with van der Waals surface area (Å²) in [5.41, 5.74) is 7.83. The highest BCUT2D eigenvalue weighted by Crippen LogP contribution is 2.25. The zero-order valence-corrected chi connectivity index (χ0v) is 11.2. The molecule has 0 radical (unpaired) electrons. The van der Waals surface area contributed by atoms with Crippen molar-refractivity contribution in [2.75, 3.05) is 5.73 Å². The van der Waals surface area contributed by atoms with Crippen LogP contribution in [0.15, 0.2) is 36.9 Å². The standard InChI is InChI=1S/C13H14ClN5/c1-9(7-18-5-4-16-8-18)19-12-3-2-10(14)6-11(12)17-13(19)15/h2-6,8-9H,7H2,1H3,(H2,15,17). The molecule has 0 amide bonds. The summed E-state index contributed by atoms with van der Waals surface area (Å²) in [5, 5.41) is 0.666. The van der Waals surface area contributed by atoms with Gasteiger partial charge in [-0.25, -0.2) is 9.97 Å².